The van der Waals surface area contributed by atoms with Gasteiger partial charge in [-0.15, -0.1) is 12.4 Å². The van der Waals surface area contributed by atoms with Crippen LogP contribution in [-0.2, 0) is 14.3 Å². The molecule has 1 saturated heterocycles. The molecule has 1 aromatic rings. The summed E-state index contributed by atoms with van der Waals surface area (Å²) in [5.74, 6) is -0.133. The molecule has 0 radical (unpaired) electrons. The van der Waals surface area contributed by atoms with E-state index in [1.54, 1.807) is 13.2 Å². The minimum absolute atomic E-state index is 0. The Morgan fingerprint density at radius 2 is 2.33 bits per heavy atom. The van der Waals surface area contributed by atoms with Crippen LogP contribution in [0.4, 0.5) is 0 Å². The summed E-state index contributed by atoms with van der Waals surface area (Å²) in [5, 5.41) is 6.59. The lowest BCUT2D eigenvalue weighted by molar-refractivity contribution is -0.134. The van der Waals surface area contributed by atoms with E-state index >= 15 is 0 Å². The summed E-state index contributed by atoms with van der Waals surface area (Å²) in [6, 6.07) is 7.45. The SMILES string of the molecule is COC(CNC(=O)C1CNCCO1)c1ccccc1Cl.Cl. The Labute approximate surface area is 135 Å². The summed E-state index contributed by atoms with van der Waals surface area (Å²) < 4.78 is 10.8. The number of benzene rings is 1. The Morgan fingerprint density at radius 1 is 1.57 bits per heavy atom. The molecule has 0 saturated carbocycles. The second-order valence-electron chi connectivity index (χ2n) is 4.55. The Balaban J connectivity index is 0.00000220. The lowest BCUT2D eigenvalue weighted by atomic mass is 10.1. The molecule has 2 unspecified atom stereocenters. The number of carbonyl (C=O) groups excluding carboxylic acids is 1. The number of hydrogen-bond donors (Lipinski definition) is 2. The summed E-state index contributed by atoms with van der Waals surface area (Å²) in [5.41, 5.74) is 0.861. The van der Waals surface area contributed by atoms with Gasteiger partial charge < -0.3 is 20.1 Å². The fourth-order valence-corrected chi connectivity index (χ4v) is 2.35. The highest BCUT2D eigenvalue weighted by atomic mass is 35.5. The van der Waals surface area contributed by atoms with E-state index in [1.807, 2.05) is 18.2 Å². The van der Waals surface area contributed by atoms with Gasteiger partial charge in [-0.05, 0) is 6.07 Å². The maximum atomic E-state index is 12.0. The van der Waals surface area contributed by atoms with Crippen molar-refractivity contribution in [2.45, 2.75) is 12.2 Å². The van der Waals surface area contributed by atoms with E-state index < -0.39 is 6.10 Å². The first kappa shape index (κ1) is 18.2. The van der Waals surface area contributed by atoms with E-state index in [0.29, 0.717) is 24.7 Å². The van der Waals surface area contributed by atoms with Crippen LogP contribution in [0.1, 0.15) is 11.7 Å². The maximum Gasteiger partial charge on any atom is 0.250 e. The number of hydrogen-bond acceptors (Lipinski definition) is 4. The molecular formula is C14H20Cl2N2O3. The first-order chi connectivity index (χ1) is 9.72. The number of rotatable bonds is 5. The van der Waals surface area contributed by atoms with E-state index in [1.165, 1.54) is 0 Å². The number of methoxy groups -OCH3 is 1. The van der Waals surface area contributed by atoms with Crippen LogP contribution in [0.2, 0.25) is 5.02 Å². The first-order valence-electron chi connectivity index (χ1n) is 6.59. The largest absolute Gasteiger partial charge is 0.375 e. The first-order valence-corrected chi connectivity index (χ1v) is 6.97. The Hall–Kier alpha value is -0.850. The van der Waals surface area contributed by atoms with Gasteiger partial charge in [-0.25, -0.2) is 0 Å². The smallest absolute Gasteiger partial charge is 0.250 e. The molecule has 2 N–H and O–H groups in total. The Morgan fingerprint density at radius 3 is 2.95 bits per heavy atom. The molecule has 7 heteroatoms. The Kier molecular flexibility index (Phi) is 8.00. The van der Waals surface area contributed by atoms with Crippen molar-refractivity contribution in [1.29, 1.82) is 0 Å². The van der Waals surface area contributed by atoms with Crippen molar-refractivity contribution in [3.63, 3.8) is 0 Å². The summed E-state index contributed by atoms with van der Waals surface area (Å²) >= 11 is 6.13. The lowest BCUT2D eigenvalue weighted by Crippen LogP contribution is -2.48. The molecule has 21 heavy (non-hydrogen) atoms. The number of carbonyl (C=O) groups is 1. The summed E-state index contributed by atoms with van der Waals surface area (Å²) in [7, 11) is 1.60. The van der Waals surface area contributed by atoms with E-state index in [4.69, 9.17) is 21.1 Å². The van der Waals surface area contributed by atoms with Crippen molar-refractivity contribution in [3.05, 3.63) is 34.9 Å². The topological polar surface area (TPSA) is 59.6 Å². The maximum absolute atomic E-state index is 12.0. The Bertz CT molecular complexity index is 454. The van der Waals surface area contributed by atoms with Crippen molar-refractivity contribution in [2.75, 3.05) is 33.4 Å². The highest BCUT2D eigenvalue weighted by Gasteiger charge is 2.23. The zero-order valence-corrected chi connectivity index (χ0v) is 13.4. The van der Waals surface area contributed by atoms with Crippen LogP contribution in [0, 0.1) is 0 Å². The van der Waals surface area contributed by atoms with Crippen molar-refractivity contribution in [2.24, 2.45) is 0 Å². The standard InChI is InChI=1S/C14H19ClN2O3.ClH/c1-19-12(10-4-2-3-5-11(10)15)9-17-14(18)13-8-16-6-7-20-13;/h2-5,12-13,16H,6-9H2,1H3,(H,17,18);1H. The quantitative estimate of drug-likeness (QED) is 0.857. The second-order valence-corrected chi connectivity index (χ2v) is 4.96. The third-order valence-corrected chi connectivity index (χ3v) is 3.56. The van der Waals surface area contributed by atoms with E-state index in [2.05, 4.69) is 10.6 Å². The van der Waals surface area contributed by atoms with E-state index in [9.17, 15) is 4.79 Å². The highest BCUT2D eigenvalue weighted by molar-refractivity contribution is 6.31. The fraction of sp³-hybridized carbons (Fsp3) is 0.500. The van der Waals surface area contributed by atoms with Gasteiger partial charge in [0, 0.05) is 37.3 Å². The molecule has 1 aliphatic rings. The molecule has 0 spiro atoms. The van der Waals surface area contributed by atoms with Crippen molar-refractivity contribution in [3.8, 4) is 0 Å². The predicted molar refractivity (Wildman–Crippen MR) is 84.1 cm³/mol. The van der Waals surface area contributed by atoms with Crippen molar-refractivity contribution < 1.29 is 14.3 Å². The van der Waals surface area contributed by atoms with E-state index in [-0.39, 0.29) is 24.4 Å². The lowest BCUT2D eigenvalue weighted by Gasteiger charge is -2.24. The van der Waals surface area contributed by atoms with Gasteiger partial charge in [0.2, 0.25) is 0 Å². The number of ether oxygens (including phenoxy) is 2. The molecule has 1 aromatic carbocycles. The van der Waals surface area contributed by atoms with Crippen LogP contribution < -0.4 is 10.6 Å². The van der Waals surface area contributed by atoms with Gasteiger partial charge in [0.25, 0.3) is 5.91 Å². The summed E-state index contributed by atoms with van der Waals surface area (Å²) in [6.45, 7) is 2.23. The van der Waals surface area contributed by atoms with Crippen LogP contribution in [0.25, 0.3) is 0 Å². The zero-order valence-electron chi connectivity index (χ0n) is 11.8. The highest BCUT2D eigenvalue weighted by Crippen LogP contribution is 2.24. The minimum Gasteiger partial charge on any atom is -0.375 e. The molecule has 1 fully saturated rings. The number of amides is 1. The van der Waals surface area contributed by atoms with Crippen LogP contribution in [-0.4, -0.2) is 45.4 Å². The van der Waals surface area contributed by atoms with Crippen molar-refractivity contribution in [1.82, 2.24) is 10.6 Å². The van der Waals surface area contributed by atoms with Gasteiger partial charge in [0.05, 0.1) is 6.61 Å². The molecule has 0 bridgehead atoms. The van der Waals surface area contributed by atoms with Crippen LogP contribution in [0.3, 0.4) is 0 Å². The molecule has 0 aromatic heterocycles. The molecule has 2 rings (SSSR count). The molecule has 2 atom stereocenters. The number of nitrogens with one attached hydrogen (secondary N) is 2. The molecular weight excluding hydrogens is 315 g/mol. The summed E-state index contributed by atoms with van der Waals surface area (Å²) in [4.78, 5) is 12.0. The van der Waals surface area contributed by atoms with E-state index in [0.717, 1.165) is 12.1 Å². The molecule has 5 nitrogen and oxygen atoms in total. The van der Waals surface area contributed by atoms with Gasteiger partial charge in [-0.1, -0.05) is 29.8 Å². The monoisotopic (exact) mass is 334 g/mol. The van der Waals surface area contributed by atoms with Gasteiger partial charge in [0.15, 0.2) is 0 Å². The van der Waals surface area contributed by atoms with Gasteiger partial charge in [0.1, 0.15) is 12.2 Å². The molecule has 1 heterocycles. The van der Waals surface area contributed by atoms with Gasteiger partial charge >= 0.3 is 0 Å². The van der Waals surface area contributed by atoms with Crippen LogP contribution in [0.5, 0.6) is 0 Å². The van der Waals surface area contributed by atoms with Gasteiger partial charge in [-0.2, -0.15) is 0 Å². The minimum atomic E-state index is -0.437. The molecule has 1 aliphatic heterocycles. The normalized spacial score (nSPS) is 19.4. The summed E-state index contributed by atoms with van der Waals surface area (Å²) in [6.07, 6.45) is -0.711. The van der Waals surface area contributed by atoms with Crippen LogP contribution >= 0.6 is 24.0 Å². The average molecular weight is 335 g/mol. The predicted octanol–water partition coefficient (Wildman–Crippen LogP) is 1.55. The number of halogens is 2. The zero-order chi connectivity index (χ0) is 14.4. The molecule has 118 valence electrons. The average Bonchev–Trinajstić information content (AvgIpc) is 2.50. The van der Waals surface area contributed by atoms with Crippen molar-refractivity contribution >= 4 is 29.9 Å². The number of morpholine rings is 1. The fourth-order valence-electron chi connectivity index (χ4n) is 2.10. The third-order valence-electron chi connectivity index (χ3n) is 3.22. The van der Waals surface area contributed by atoms with Crippen LogP contribution in [0.15, 0.2) is 24.3 Å². The third kappa shape index (κ3) is 5.13. The second kappa shape index (κ2) is 9.23. The molecule has 0 aliphatic carbocycles. The van der Waals surface area contributed by atoms with Gasteiger partial charge in [-0.3, -0.25) is 4.79 Å². The molecule has 1 amide bonds.